The Morgan fingerprint density at radius 2 is 1.80 bits per heavy atom. The van der Waals surface area contributed by atoms with E-state index in [-0.39, 0.29) is 5.75 Å². The first-order chi connectivity index (χ1) is 9.67. The van der Waals surface area contributed by atoms with Crippen LogP contribution < -0.4 is 14.8 Å². The average molecular weight is 281 g/mol. The molecule has 0 aliphatic heterocycles. The number of phenolic OH excluding ortho intramolecular Hbond substituents is 1. The largest absolute Gasteiger partial charge is 0.502 e. The van der Waals surface area contributed by atoms with E-state index in [0.717, 1.165) is 24.8 Å². The maximum Gasteiger partial charge on any atom is 0.200 e. The minimum atomic E-state index is 0.0408. The normalized spacial score (nSPS) is 21.9. The van der Waals surface area contributed by atoms with Gasteiger partial charge < -0.3 is 24.6 Å². The molecule has 1 saturated carbocycles. The third-order valence-corrected chi connectivity index (χ3v) is 3.85. The summed E-state index contributed by atoms with van der Waals surface area (Å²) in [4.78, 5) is 0. The van der Waals surface area contributed by atoms with E-state index < -0.39 is 0 Å². The van der Waals surface area contributed by atoms with Gasteiger partial charge in [-0.15, -0.1) is 0 Å². The molecule has 1 fully saturated rings. The van der Waals surface area contributed by atoms with Crippen LogP contribution in [0.2, 0.25) is 0 Å². The van der Waals surface area contributed by atoms with E-state index in [1.54, 1.807) is 7.11 Å². The molecule has 2 N–H and O–H groups in total. The highest BCUT2D eigenvalue weighted by molar-refractivity contribution is 5.52. The third-order valence-electron chi connectivity index (χ3n) is 3.85. The van der Waals surface area contributed by atoms with Crippen molar-refractivity contribution in [2.45, 2.75) is 38.0 Å². The maximum atomic E-state index is 9.87. The van der Waals surface area contributed by atoms with Gasteiger partial charge in [0.25, 0.3) is 0 Å². The van der Waals surface area contributed by atoms with Crippen molar-refractivity contribution < 1.29 is 19.3 Å². The zero-order valence-electron chi connectivity index (χ0n) is 12.3. The van der Waals surface area contributed by atoms with Gasteiger partial charge in [0.2, 0.25) is 5.75 Å². The Hall–Kier alpha value is -1.46. The molecule has 0 saturated heterocycles. The van der Waals surface area contributed by atoms with Crippen LogP contribution in [0.1, 0.15) is 24.8 Å². The molecule has 0 radical (unpaired) electrons. The molecule has 1 aliphatic rings. The van der Waals surface area contributed by atoms with Gasteiger partial charge in [-0.25, -0.2) is 0 Å². The van der Waals surface area contributed by atoms with Gasteiger partial charge in [-0.2, -0.15) is 0 Å². The molecule has 0 amide bonds. The Morgan fingerprint density at radius 1 is 1.15 bits per heavy atom. The zero-order chi connectivity index (χ0) is 14.5. The second kappa shape index (κ2) is 6.81. The fourth-order valence-corrected chi connectivity index (χ4v) is 2.65. The lowest BCUT2D eigenvalue weighted by Crippen LogP contribution is -2.26. The summed E-state index contributed by atoms with van der Waals surface area (Å²) < 4.78 is 15.7. The van der Waals surface area contributed by atoms with E-state index in [9.17, 15) is 5.11 Å². The van der Waals surface area contributed by atoms with Crippen molar-refractivity contribution >= 4 is 0 Å². The highest BCUT2D eigenvalue weighted by Gasteiger charge is 2.24. The highest BCUT2D eigenvalue weighted by atomic mass is 16.5. The number of phenols is 1. The maximum absolute atomic E-state index is 9.87. The molecule has 1 aliphatic carbocycles. The molecule has 1 aromatic rings. The molecule has 112 valence electrons. The lowest BCUT2D eigenvalue weighted by molar-refractivity contribution is 0.107. The van der Waals surface area contributed by atoms with Gasteiger partial charge in [0, 0.05) is 19.7 Å². The summed E-state index contributed by atoms with van der Waals surface area (Å²) in [5.74, 6) is 0.906. The first kappa shape index (κ1) is 14.9. The number of ether oxygens (including phenoxy) is 3. The van der Waals surface area contributed by atoms with Crippen LogP contribution in [0.15, 0.2) is 12.1 Å². The number of nitrogens with one attached hydrogen (secondary N) is 1. The Balaban J connectivity index is 1.99. The van der Waals surface area contributed by atoms with E-state index >= 15 is 0 Å². The molecule has 2 atom stereocenters. The second-order valence-electron chi connectivity index (χ2n) is 5.10. The second-order valence-corrected chi connectivity index (χ2v) is 5.10. The molecule has 5 heteroatoms. The summed E-state index contributed by atoms with van der Waals surface area (Å²) in [6.07, 6.45) is 3.65. The number of benzene rings is 1. The van der Waals surface area contributed by atoms with Gasteiger partial charge in [0.05, 0.1) is 20.3 Å². The monoisotopic (exact) mass is 281 g/mol. The fraction of sp³-hybridized carbons (Fsp3) is 0.600. The number of hydrogen-bond donors (Lipinski definition) is 2. The summed E-state index contributed by atoms with van der Waals surface area (Å²) in [6.45, 7) is 0.716. The lowest BCUT2D eigenvalue weighted by Gasteiger charge is -2.15. The molecule has 0 spiro atoms. The highest BCUT2D eigenvalue weighted by Crippen LogP contribution is 2.37. The number of rotatable bonds is 6. The van der Waals surface area contributed by atoms with Gasteiger partial charge in [0.1, 0.15) is 0 Å². The molecule has 2 unspecified atom stereocenters. The molecule has 0 aromatic heterocycles. The number of hydrogen-bond acceptors (Lipinski definition) is 5. The van der Waals surface area contributed by atoms with Crippen LogP contribution in [0.5, 0.6) is 17.2 Å². The van der Waals surface area contributed by atoms with Crippen molar-refractivity contribution in [2.75, 3.05) is 21.3 Å². The van der Waals surface area contributed by atoms with Crippen LogP contribution in [-0.2, 0) is 11.3 Å². The fourth-order valence-electron chi connectivity index (χ4n) is 2.65. The minimum absolute atomic E-state index is 0.0408. The molecule has 1 aromatic carbocycles. The van der Waals surface area contributed by atoms with Crippen molar-refractivity contribution in [3.05, 3.63) is 17.7 Å². The molecule has 0 bridgehead atoms. The summed E-state index contributed by atoms with van der Waals surface area (Å²) in [5, 5.41) is 13.4. The summed E-state index contributed by atoms with van der Waals surface area (Å²) in [5.41, 5.74) is 1.03. The number of aromatic hydroxyl groups is 1. The van der Waals surface area contributed by atoms with Gasteiger partial charge in [-0.05, 0) is 37.0 Å². The van der Waals surface area contributed by atoms with Crippen LogP contribution in [0.25, 0.3) is 0 Å². The predicted molar refractivity (Wildman–Crippen MR) is 76.5 cm³/mol. The van der Waals surface area contributed by atoms with Gasteiger partial charge in [-0.1, -0.05) is 0 Å². The van der Waals surface area contributed by atoms with Crippen molar-refractivity contribution in [2.24, 2.45) is 0 Å². The van der Waals surface area contributed by atoms with Crippen molar-refractivity contribution in [1.29, 1.82) is 0 Å². The summed E-state index contributed by atoms with van der Waals surface area (Å²) in [7, 11) is 4.83. The standard InChI is InChI=1S/C15H23NO4/c1-18-12-5-4-11(8-12)16-9-10-6-13(19-2)15(17)14(7-10)20-3/h6-7,11-12,16-17H,4-5,8-9H2,1-3H3. The first-order valence-electron chi connectivity index (χ1n) is 6.88. The quantitative estimate of drug-likeness (QED) is 0.836. The van der Waals surface area contributed by atoms with Gasteiger partial charge in [0.15, 0.2) is 11.5 Å². The molecule has 5 nitrogen and oxygen atoms in total. The van der Waals surface area contributed by atoms with E-state index in [1.165, 1.54) is 14.2 Å². The average Bonchev–Trinajstić information content (AvgIpc) is 2.94. The first-order valence-corrected chi connectivity index (χ1v) is 6.88. The van der Waals surface area contributed by atoms with Crippen molar-refractivity contribution in [1.82, 2.24) is 5.32 Å². The van der Waals surface area contributed by atoms with E-state index in [1.807, 2.05) is 12.1 Å². The van der Waals surface area contributed by atoms with Crippen LogP contribution in [0.3, 0.4) is 0 Å². The molecule has 0 heterocycles. The Kier molecular flexibility index (Phi) is 5.09. The van der Waals surface area contributed by atoms with Crippen LogP contribution >= 0.6 is 0 Å². The van der Waals surface area contributed by atoms with Crippen LogP contribution in [-0.4, -0.2) is 38.6 Å². The summed E-state index contributed by atoms with van der Waals surface area (Å²) in [6, 6.07) is 4.13. The molecule has 20 heavy (non-hydrogen) atoms. The predicted octanol–water partition coefficient (Wildman–Crippen LogP) is 2.07. The molecular formula is C15H23NO4. The van der Waals surface area contributed by atoms with Crippen molar-refractivity contribution in [3.8, 4) is 17.2 Å². The zero-order valence-corrected chi connectivity index (χ0v) is 12.3. The van der Waals surface area contributed by atoms with Crippen LogP contribution in [0.4, 0.5) is 0 Å². The lowest BCUT2D eigenvalue weighted by atomic mass is 10.1. The number of methoxy groups -OCH3 is 3. The van der Waals surface area contributed by atoms with Crippen LogP contribution in [0, 0.1) is 0 Å². The van der Waals surface area contributed by atoms with E-state index in [2.05, 4.69) is 5.32 Å². The van der Waals surface area contributed by atoms with Crippen molar-refractivity contribution in [3.63, 3.8) is 0 Å². The SMILES string of the molecule is COc1cc(CNC2CCC(OC)C2)cc(OC)c1O. The third kappa shape index (κ3) is 3.35. The van der Waals surface area contributed by atoms with E-state index in [0.29, 0.717) is 30.2 Å². The van der Waals surface area contributed by atoms with Gasteiger partial charge in [-0.3, -0.25) is 0 Å². The summed E-state index contributed by atoms with van der Waals surface area (Å²) >= 11 is 0. The Labute approximate surface area is 119 Å². The molecule has 2 rings (SSSR count). The van der Waals surface area contributed by atoms with Gasteiger partial charge >= 0.3 is 0 Å². The molecular weight excluding hydrogens is 258 g/mol. The smallest absolute Gasteiger partial charge is 0.200 e. The van der Waals surface area contributed by atoms with E-state index in [4.69, 9.17) is 14.2 Å². The minimum Gasteiger partial charge on any atom is -0.502 e. The Morgan fingerprint density at radius 3 is 2.30 bits per heavy atom. The topological polar surface area (TPSA) is 60.0 Å². The Bertz CT molecular complexity index is 424.